The molecular weight excluding hydrogens is 302 g/mol. The molecule has 2 aromatic carbocycles. The zero-order chi connectivity index (χ0) is 15.5. The van der Waals surface area contributed by atoms with Crippen molar-refractivity contribution in [3.05, 3.63) is 58.1 Å². The maximum absolute atomic E-state index is 10.9. The van der Waals surface area contributed by atoms with Crippen LogP contribution in [0.1, 0.15) is 17.7 Å². The first-order chi connectivity index (χ1) is 10.6. The maximum Gasteiger partial charge on any atom is 0.269 e. The van der Waals surface area contributed by atoms with Crippen molar-refractivity contribution in [3.8, 4) is 11.5 Å². The second-order valence-electron chi connectivity index (χ2n) is 4.92. The number of nitro benzene ring substituents is 1. The van der Waals surface area contributed by atoms with E-state index in [2.05, 4.69) is 0 Å². The molecule has 0 aliphatic carbocycles. The molecule has 3 rings (SSSR count). The molecule has 0 aromatic heterocycles. The summed E-state index contributed by atoms with van der Waals surface area (Å²) in [6.07, 6.45) is 0. The smallest absolute Gasteiger partial charge is 0.269 e. The number of fused-ring (bicyclic) bond motifs is 1. The van der Waals surface area contributed by atoms with E-state index in [0.29, 0.717) is 13.2 Å². The van der Waals surface area contributed by atoms with Gasteiger partial charge in [0.1, 0.15) is 13.2 Å². The fourth-order valence-electron chi connectivity index (χ4n) is 2.26. The van der Waals surface area contributed by atoms with Crippen molar-refractivity contribution in [2.24, 2.45) is 0 Å². The number of nitrogens with zero attached hydrogens (tertiary/aromatic N) is 1. The zero-order valence-electron chi connectivity index (χ0n) is 12.0. The third-order valence-electron chi connectivity index (χ3n) is 3.38. The second kappa shape index (κ2) is 6.27. The van der Waals surface area contributed by atoms with Crippen molar-refractivity contribution in [2.45, 2.75) is 17.1 Å². The molecule has 6 heteroatoms. The van der Waals surface area contributed by atoms with E-state index in [4.69, 9.17) is 9.47 Å². The fraction of sp³-hybridized carbons (Fsp3) is 0.250. The highest BCUT2D eigenvalue weighted by molar-refractivity contribution is 7.99. The summed E-state index contributed by atoms with van der Waals surface area (Å²) in [6, 6.07) is 12.6. The number of thioether (sulfide) groups is 1. The summed E-state index contributed by atoms with van der Waals surface area (Å²) in [5.41, 5.74) is 1.04. The van der Waals surface area contributed by atoms with Crippen LogP contribution in [0.3, 0.4) is 0 Å². The monoisotopic (exact) mass is 317 g/mol. The van der Waals surface area contributed by atoms with Crippen LogP contribution in [0.4, 0.5) is 5.69 Å². The molecule has 0 saturated heterocycles. The lowest BCUT2D eigenvalue weighted by Gasteiger charge is -2.19. The molecule has 0 spiro atoms. The molecule has 1 aliphatic heterocycles. The minimum Gasteiger partial charge on any atom is -0.486 e. The minimum atomic E-state index is -0.370. The predicted octanol–water partition coefficient (Wildman–Crippen LogP) is 4.22. The molecule has 0 fully saturated rings. The van der Waals surface area contributed by atoms with E-state index < -0.39 is 0 Å². The molecule has 0 saturated carbocycles. The number of ether oxygens (including phenoxy) is 2. The summed E-state index contributed by atoms with van der Waals surface area (Å²) in [7, 11) is 0. The molecule has 0 N–H and O–H groups in total. The topological polar surface area (TPSA) is 61.6 Å². The Hall–Kier alpha value is -2.21. The van der Waals surface area contributed by atoms with E-state index in [1.54, 1.807) is 23.9 Å². The van der Waals surface area contributed by atoms with Crippen LogP contribution in [-0.4, -0.2) is 18.1 Å². The Morgan fingerprint density at radius 3 is 2.68 bits per heavy atom. The first-order valence-electron chi connectivity index (χ1n) is 6.94. The Balaban J connectivity index is 1.77. The zero-order valence-corrected chi connectivity index (χ0v) is 12.8. The van der Waals surface area contributed by atoms with Crippen molar-refractivity contribution >= 4 is 17.4 Å². The summed E-state index contributed by atoms with van der Waals surface area (Å²) in [4.78, 5) is 11.5. The lowest BCUT2D eigenvalue weighted by Crippen LogP contribution is -2.15. The van der Waals surface area contributed by atoms with Crippen LogP contribution in [0.2, 0.25) is 0 Å². The number of benzene rings is 2. The van der Waals surface area contributed by atoms with Crippen LogP contribution >= 0.6 is 11.8 Å². The van der Waals surface area contributed by atoms with Crippen molar-refractivity contribution in [2.75, 3.05) is 13.2 Å². The lowest BCUT2D eigenvalue weighted by atomic mass is 10.1. The Labute approximate surface area is 132 Å². The minimum absolute atomic E-state index is 0.0995. The van der Waals surface area contributed by atoms with Crippen LogP contribution < -0.4 is 9.47 Å². The van der Waals surface area contributed by atoms with Gasteiger partial charge in [-0.1, -0.05) is 12.1 Å². The standard InChI is InChI=1S/C16H15NO4S/c1-11(12-3-2-4-13(9-12)17(18)19)22-14-5-6-15-16(10-14)21-8-7-20-15/h2-6,9-11H,7-8H2,1H3/t11-/m1/s1. The summed E-state index contributed by atoms with van der Waals surface area (Å²) in [5, 5.41) is 11.0. The van der Waals surface area contributed by atoms with Gasteiger partial charge in [0.05, 0.1) is 4.92 Å². The number of non-ortho nitro benzene ring substituents is 1. The molecule has 1 heterocycles. The third kappa shape index (κ3) is 3.17. The van der Waals surface area contributed by atoms with E-state index in [0.717, 1.165) is 22.0 Å². The molecule has 0 unspecified atom stereocenters. The summed E-state index contributed by atoms with van der Waals surface area (Å²) in [6.45, 7) is 3.16. The quantitative estimate of drug-likeness (QED) is 0.480. The van der Waals surface area contributed by atoms with E-state index in [1.165, 1.54) is 6.07 Å². The molecular formula is C16H15NO4S. The van der Waals surface area contributed by atoms with Gasteiger partial charge in [-0.05, 0) is 30.7 Å². The molecule has 0 bridgehead atoms. The van der Waals surface area contributed by atoms with Crippen molar-refractivity contribution in [1.82, 2.24) is 0 Å². The van der Waals surface area contributed by atoms with Gasteiger partial charge in [0.25, 0.3) is 5.69 Å². The van der Waals surface area contributed by atoms with Crippen LogP contribution in [0.25, 0.3) is 0 Å². The SMILES string of the molecule is C[C@@H](Sc1ccc2c(c1)OCCO2)c1cccc([N+](=O)[O-])c1. The average molecular weight is 317 g/mol. The molecule has 2 aromatic rings. The molecule has 0 amide bonds. The second-order valence-corrected chi connectivity index (χ2v) is 6.33. The summed E-state index contributed by atoms with van der Waals surface area (Å²) < 4.78 is 11.1. The van der Waals surface area contributed by atoms with E-state index in [-0.39, 0.29) is 15.9 Å². The van der Waals surface area contributed by atoms with E-state index >= 15 is 0 Å². The van der Waals surface area contributed by atoms with Gasteiger partial charge in [-0.2, -0.15) is 0 Å². The number of rotatable bonds is 4. The van der Waals surface area contributed by atoms with Gasteiger partial charge in [-0.3, -0.25) is 10.1 Å². The first kappa shape index (κ1) is 14.7. The van der Waals surface area contributed by atoms with Gasteiger partial charge in [0, 0.05) is 22.3 Å². The van der Waals surface area contributed by atoms with Crippen LogP contribution in [0, 0.1) is 10.1 Å². The highest BCUT2D eigenvalue weighted by Crippen LogP contribution is 2.40. The Morgan fingerprint density at radius 2 is 1.91 bits per heavy atom. The van der Waals surface area contributed by atoms with Gasteiger partial charge in [-0.25, -0.2) is 0 Å². The van der Waals surface area contributed by atoms with E-state index in [9.17, 15) is 10.1 Å². The van der Waals surface area contributed by atoms with Crippen LogP contribution in [-0.2, 0) is 0 Å². The highest BCUT2D eigenvalue weighted by atomic mass is 32.2. The molecule has 5 nitrogen and oxygen atoms in total. The summed E-state index contributed by atoms with van der Waals surface area (Å²) >= 11 is 1.63. The van der Waals surface area contributed by atoms with Crippen LogP contribution in [0.5, 0.6) is 11.5 Å². The molecule has 114 valence electrons. The third-order valence-corrected chi connectivity index (χ3v) is 4.53. The van der Waals surface area contributed by atoms with Crippen molar-refractivity contribution in [3.63, 3.8) is 0 Å². The Bertz CT molecular complexity index is 704. The van der Waals surface area contributed by atoms with Gasteiger partial charge in [-0.15, -0.1) is 11.8 Å². The van der Waals surface area contributed by atoms with Gasteiger partial charge in [0.15, 0.2) is 11.5 Å². The van der Waals surface area contributed by atoms with Gasteiger partial charge < -0.3 is 9.47 Å². The molecule has 22 heavy (non-hydrogen) atoms. The van der Waals surface area contributed by atoms with Crippen molar-refractivity contribution in [1.29, 1.82) is 0 Å². The van der Waals surface area contributed by atoms with Gasteiger partial charge >= 0.3 is 0 Å². The first-order valence-corrected chi connectivity index (χ1v) is 7.82. The summed E-state index contributed by atoms with van der Waals surface area (Å²) in [5.74, 6) is 1.51. The van der Waals surface area contributed by atoms with Gasteiger partial charge in [0.2, 0.25) is 0 Å². The molecule has 0 radical (unpaired) electrons. The van der Waals surface area contributed by atoms with E-state index in [1.807, 2.05) is 31.2 Å². The predicted molar refractivity (Wildman–Crippen MR) is 84.8 cm³/mol. The van der Waals surface area contributed by atoms with Crippen molar-refractivity contribution < 1.29 is 14.4 Å². The Kier molecular flexibility index (Phi) is 4.20. The lowest BCUT2D eigenvalue weighted by molar-refractivity contribution is -0.384. The maximum atomic E-state index is 10.9. The molecule has 1 atom stereocenters. The highest BCUT2D eigenvalue weighted by Gasteiger charge is 2.15. The number of hydrogen-bond acceptors (Lipinski definition) is 5. The fourth-order valence-corrected chi connectivity index (χ4v) is 3.27. The average Bonchev–Trinajstić information content (AvgIpc) is 2.55. The largest absolute Gasteiger partial charge is 0.486 e. The Morgan fingerprint density at radius 1 is 1.14 bits per heavy atom. The number of nitro groups is 1. The van der Waals surface area contributed by atoms with Crippen LogP contribution in [0.15, 0.2) is 47.4 Å². The molecule has 1 aliphatic rings. The number of hydrogen-bond donors (Lipinski definition) is 0. The normalized spacial score (nSPS) is 14.4.